The van der Waals surface area contributed by atoms with Crippen LogP contribution < -0.4 is 4.90 Å². The minimum absolute atomic E-state index is 0.0959. The lowest BCUT2D eigenvalue weighted by molar-refractivity contribution is 0.660. The average molecular weight is 608 g/mol. The van der Waals surface area contributed by atoms with E-state index >= 15 is 0 Å². The molecule has 218 valence electrons. The average Bonchev–Trinajstić information content (AvgIpc) is 3.75. The monoisotopic (exact) mass is 607 g/mol. The van der Waals surface area contributed by atoms with Gasteiger partial charge in [0.05, 0.1) is 5.69 Å². The maximum atomic E-state index is 7.07. The number of benzene rings is 7. The normalized spacial score (nSPS) is 13.6. The third-order valence-corrected chi connectivity index (χ3v) is 11.2. The van der Waals surface area contributed by atoms with Crippen LogP contribution in [-0.2, 0) is 5.41 Å². The van der Waals surface area contributed by atoms with Crippen LogP contribution in [0.1, 0.15) is 25.0 Å². The van der Waals surface area contributed by atoms with E-state index in [1.165, 1.54) is 53.2 Å². The van der Waals surface area contributed by atoms with E-state index in [9.17, 15) is 0 Å². The molecule has 0 saturated carbocycles. The summed E-state index contributed by atoms with van der Waals surface area (Å²) in [5.41, 5.74) is 10.4. The van der Waals surface area contributed by atoms with Gasteiger partial charge in [0.25, 0.3) is 0 Å². The van der Waals surface area contributed by atoms with E-state index in [0.717, 1.165) is 39.0 Å². The molecule has 0 aliphatic heterocycles. The van der Waals surface area contributed by atoms with Crippen molar-refractivity contribution in [3.8, 4) is 11.1 Å². The van der Waals surface area contributed by atoms with E-state index < -0.39 is 0 Å². The predicted molar refractivity (Wildman–Crippen MR) is 196 cm³/mol. The van der Waals surface area contributed by atoms with Crippen molar-refractivity contribution in [3.05, 3.63) is 151 Å². The Kier molecular flexibility index (Phi) is 5.25. The SMILES string of the molecule is CC1(C)c2ccccc2-c2ccc(N(c3ccccc3)c3cccc4c3oc3c5ccccc5c5c6ccccc6sc5c43)cc21. The fourth-order valence-corrected chi connectivity index (χ4v) is 9.19. The van der Waals surface area contributed by atoms with Crippen molar-refractivity contribution < 1.29 is 4.42 Å². The number of furan rings is 1. The standard InChI is InChI=1S/C43H29NOS/c1-43(2)34-20-10-8-15-28(34)29-24-23-27(25-35(29)43)44(26-13-4-3-5-14-26)36-21-12-19-33-39-41(45-40(33)36)31-17-7-6-16-30(31)38-32-18-9-11-22-37(32)46-42(38)39/h3-25H,1-2H3. The van der Waals surface area contributed by atoms with Crippen molar-refractivity contribution in [1.29, 1.82) is 0 Å². The fourth-order valence-electron chi connectivity index (χ4n) is 7.92. The molecule has 0 unspecified atom stereocenters. The van der Waals surface area contributed by atoms with Crippen molar-refractivity contribution >= 4 is 81.3 Å². The molecule has 0 fully saturated rings. The maximum Gasteiger partial charge on any atom is 0.159 e. The van der Waals surface area contributed by atoms with E-state index in [0.29, 0.717) is 0 Å². The molecule has 0 N–H and O–H groups in total. The van der Waals surface area contributed by atoms with E-state index in [1.54, 1.807) is 0 Å². The number of thiophene rings is 1. The minimum atomic E-state index is -0.0959. The van der Waals surface area contributed by atoms with Gasteiger partial charge in [-0.2, -0.15) is 0 Å². The molecule has 3 heteroatoms. The summed E-state index contributed by atoms with van der Waals surface area (Å²) in [5.74, 6) is 0. The van der Waals surface area contributed by atoms with Crippen molar-refractivity contribution in [2.45, 2.75) is 19.3 Å². The Hall–Kier alpha value is -5.38. The van der Waals surface area contributed by atoms with Crippen LogP contribution in [0.2, 0.25) is 0 Å². The highest BCUT2D eigenvalue weighted by molar-refractivity contribution is 7.27. The van der Waals surface area contributed by atoms with Crippen LogP contribution in [0.4, 0.5) is 17.1 Å². The van der Waals surface area contributed by atoms with Gasteiger partial charge >= 0.3 is 0 Å². The largest absolute Gasteiger partial charge is 0.453 e. The molecular formula is C43H29NOS. The molecule has 2 nitrogen and oxygen atoms in total. The van der Waals surface area contributed by atoms with Gasteiger partial charge < -0.3 is 9.32 Å². The molecule has 0 bridgehead atoms. The highest BCUT2D eigenvalue weighted by Gasteiger charge is 2.36. The fraction of sp³-hybridized carbons (Fsp3) is 0.0698. The number of rotatable bonds is 3. The van der Waals surface area contributed by atoms with Gasteiger partial charge in [-0.15, -0.1) is 11.3 Å². The number of hydrogen-bond donors (Lipinski definition) is 0. The number of fused-ring (bicyclic) bond motifs is 13. The topological polar surface area (TPSA) is 16.4 Å². The first-order chi connectivity index (χ1) is 22.6. The van der Waals surface area contributed by atoms with Crippen LogP contribution in [0.5, 0.6) is 0 Å². The molecular weight excluding hydrogens is 579 g/mol. The second-order valence-corrected chi connectivity index (χ2v) is 13.9. The second kappa shape index (κ2) is 9.32. The lowest BCUT2D eigenvalue weighted by Gasteiger charge is -2.28. The second-order valence-electron chi connectivity index (χ2n) is 12.9. The molecule has 0 radical (unpaired) electrons. The molecule has 0 spiro atoms. The quantitative estimate of drug-likeness (QED) is 0.199. The van der Waals surface area contributed by atoms with E-state index in [1.807, 2.05) is 11.3 Å². The zero-order chi connectivity index (χ0) is 30.6. The van der Waals surface area contributed by atoms with Crippen LogP contribution in [0.15, 0.2) is 144 Å². The van der Waals surface area contributed by atoms with Gasteiger partial charge in [0.1, 0.15) is 5.58 Å². The first-order valence-corrected chi connectivity index (χ1v) is 16.7. The third kappa shape index (κ3) is 3.41. The Bertz CT molecular complexity index is 2680. The summed E-state index contributed by atoms with van der Waals surface area (Å²) in [6.07, 6.45) is 0. The zero-order valence-electron chi connectivity index (χ0n) is 25.5. The minimum Gasteiger partial charge on any atom is -0.453 e. The van der Waals surface area contributed by atoms with Gasteiger partial charge in [-0.3, -0.25) is 0 Å². The van der Waals surface area contributed by atoms with Crippen LogP contribution >= 0.6 is 11.3 Å². The van der Waals surface area contributed by atoms with Crippen molar-refractivity contribution in [2.75, 3.05) is 4.90 Å². The molecule has 0 amide bonds. The molecule has 2 heterocycles. The van der Waals surface area contributed by atoms with Crippen LogP contribution in [0.25, 0.3) is 64.0 Å². The smallest absolute Gasteiger partial charge is 0.159 e. The van der Waals surface area contributed by atoms with Gasteiger partial charge in [0.15, 0.2) is 5.58 Å². The summed E-state index contributed by atoms with van der Waals surface area (Å²) < 4.78 is 9.66. The maximum absolute atomic E-state index is 7.07. The number of para-hydroxylation sites is 2. The summed E-state index contributed by atoms with van der Waals surface area (Å²) in [4.78, 5) is 2.37. The van der Waals surface area contributed by atoms with Gasteiger partial charge in [0, 0.05) is 53.1 Å². The molecule has 1 aliphatic rings. The Morgan fingerprint density at radius 1 is 0.522 bits per heavy atom. The highest BCUT2D eigenvalue weighted by atomic mass is 32.1. The highest BCUT2D eigenvalue weighted by Crippen LogP contribution is 2.52. The third-order valence-electron chi connectivity index (χ3n) is 10.0. The Morgan fingerprint density at radius 2 is 1.22 bits per heavy atom. The predicted octanol–water partition coefficient (Wildman–Crippen LogP) is 12.9. The molecule has 7 aromatic carbocycles. The molecule has 0 saturated heterocycles. The molecule has 10 rings (SSSR count). The number of nitrogens with zero attached hydrogens (tertiary/aromatic N) is 1. The van der Waals surface area contributed by atoms with Crippen LogP contribution in [0.3, 0.4) is 0 Å². The summed E-state index contributed by atoms with van der Waals surface area (Å²) in [5, 5.41) is 7.35. The molecule has 0 atom stereocenters. The van der Waals surface area contributed by atoms with Crippen molar-refractivity contribution in [1.82, 2.24) is 0 Å². The first-order valence-electron chi connectivity index (χ1n) is 15.9. The molecule has 1 aliphatic carbocycles. The van der Waals surface area contributed by atoms with Gasteiger partial charge in [0.2, 0.25) is 0 Å². The lowest BCUT2D eigenvalue weighted by atomic mass is 9.82. The van der Waals surface area contributed by atoms with E-state index in [2.05, 4.69) is 158 Å². The Balaban J connectivity index is 1.29. The zero-order valence-corrected chi connectivity index (χ0v) is 26.4. The Morgan fingerprint density at radius 3 is 2.09 bits per heavy atom. The summed E-state index contributed by atoms with van der Waals surface area (Å²) in [7, 11) is 0. The van der Waals surface area contributed by atoms with Crippen LogP contribution in [-0.4, -0.2) is 0 Å². The number of hydrogen-bond acceptors (Lipinski definition) is 3. The number of anilines is 3. The first kappa shape index (κ1) is 25.9. The molecule has 2 aromatic heterocycles. The van der Waals surface area contributed by atoms with E-state index in [-0.39, 0.29) is 5.41 Å². The van der Waals surface area contributed by atoms with Gasteiger partial charge in [-0.05, 0) is 64.0 Å². The Labute approximate surface area is 270 Å². The van der Waals surface area contributed by atoms with Crippen molar-refractivity contribution in [2.24, 2.45) is 0 Å². The summed E-state index contributed by atoms with van der Waals surface area (Å²) >= 11 is 1.87. The molecule has 46 heavy (non-hydrogen) atoms. The van der Waals surface area contributed by atoms with Crippen molar-refractivity contribution in [3.63, 3.8) is 0 Å². The van der Waals surface area contributed by atoms with Gasteiger partial charge in [-0.25, -0.2) is 0 Å². The lowest BCUT2D eigenvalue weighted by Crippen LogP contribution is -2.16. The van der Waals surface area contributed by atoms with Crippen LogP contribution in [0, 0.1) is 0 Å². The van der Waals surface area contributed by atoms with E-state index in [4.69, 9.17) is 4.42 Å². The molecule has 9 aromatic rings. The summed E-state index contributed by atoms with van der Waals surface area (Å²) in [6, 6.07) is 50.6. The van der Waals surface area contributed by atoms with Gasteiger partial charge in [-0.1, -0.05) is 117 Å². The summed E-state index contributed by atoms with van der Waals surface area (Å²) in [6.45, 7) is 4.69.